The monoisotopic (exact) mass is 771 g/mol. The Labute approximate surface area is 313 Å². The predicted octanol–water partition coefficient (Wildman–Crippen LogP) is -6.60. The van der Waals surface area contributed by atoms with Crippen LogP contribution in [0.3, 0.4) is 0 Å². The van der Waals surface area contributed by atoms with Crippen LogP contribution in [0.25, 0.3) is 0 Å². The smallest absolute Gasteiger partial charge is 0.321 e. The molecular formula is C31H53N11O12. The fourth-order valence-electron chi connectivity index (χ4n) is 4.05. The summed E-state index contributed by atoms with van der Waals surface area (Å²) in [6.45, 7) is -3.83. The van der Waals surface area contributed by atoms with Gasteiger partial charge in [0.15, 0.2) is 0 Å². The molecule has 0 spiro atoms. The Balaban J connectivity index is 4.87. The van der Waals surface area contributed by atoms with Crippen LogP contribution in [0, 0.1) is 0 Å². The van der Waals surface area contributed by atoms with Crippen molar-refractivity contribution in [3.8, 4) is 0 Å². The van der Waals surface area contributed by atoms with Gasteiger partial charge in [0.05, 0.1) is 65.3 Å². The van der Waals surface area contributed by atoms with Crippen molar-refractivity contribution in [3.05, 3.63) is 0 Å². The number of carbonyl (C=O) groups excluding carboxylic acids is 10. The molecule has 5 N–H and O–H groups in total. The predicted molar refractivity (Wildman–Crippen MR) is 188 cm³/mol. The lowest BCUT2D eigenvalue weighted by molar-refractivity contribution is -0.146. The molecule has 0 aromatic carbocycles. The second-order valence-electron chi connectivity index (χ2n) is 12.9. The molecule has 23 nitrogen and oxygen atoms in total. The number of aliphatic carboxylic acids is 1. The number of carbonyl (C=O) groups is 11. The summed E-state index contributed by atoms with van der Waals surface area (Å²) < 4.78 is 0. The third-order valence-corrected chi connectivity index (χ3v) is 7.92. The first-order valence-corrected chi connectivity index (χ1v) is 16.2. The molecule has 0 aliphatic carbocycles. The summed E-state index contributed by atoms with van der Waals surface area (Å²) in [4.78, 5) is 144. The van der Waals surface area contributed by atoms with Crippen molar-refractivity contribution >= 4 is 65.0 Å². The van der Waals surface area contributed by atoms with Gasteiger partial charge in [0.25, 0.3) is 0 Å². The van der Waals surface area contributed by atoms with Gasteiger partial charge in [0, 0.05) is 63.4 Å². The van der Waals surface area contributed by atoms with E-state index in [4.69, 9.17) is 16.6 Å². The van der Waals surface area contributed by atoms with Crippen LogP contribution in [0.4, 0.5) is 0 Å². The van der Waals surface area contributed by atoms with E-state index in [1.807, 2.05) is 0 Å². The third kappa shape index (κ3) is 17.1. The van der Waals surface area contributed by atoms with E-state index in [-0.39, 0.29) is 13.1 Å². The number of nitrogens with two attached hydrogens (primary N) is 2. The summed E-state index contributed by atoms with van der Waals surface area (Å²) in [6, 6.07) is -1.44. The largest absolute Gasteiger partial charge is 0.480 e. The molecule has 0 rings (SSSR count). The molecule has 0 aromatic rings. The number of primary amides is 1. The zero-order valence-electron chi connectivity index (χ0n) is 32.3. The molecule has 0 aromatic heterocycles. The van der Waals surface area contributed by atoms with Crippen LogP contribution in [0.1, 0.15) is 6.42 Å². The lowest BCUT2D eigenvalue weighted by Gasteiger charge is -2.27. The van der Waals surface area contributed by atoms with Gasteiger partial charge >= 0.3 is 5.97 Å². The van der Waals surface area contributed by atoms with E-state index in [9.17, 15) is 52.7 Å². The van der Waals surface area contributed by atoms with Gasteiger partial charge in [-0.2, -0.15) is 0 Å². The van der Waals surface area contributed by atoms with Crippen LogP contribution in [0.5, 0.6) is 0 Å². The molecule has 23 heteroatoms. The first-order valence-electron chi connectivity index (χ1n) is 16.2. The number of rotatable bonds is 21. The molecule has 0 fully saturated rings. The average Bonchev–Trinajstić information content (AvgIpc) is 3.06. The van der Waals surface area contributed by atoms with Gasteiger partial charge < -0.3 is 60.7 Å². The first-order chi connectivity index (χ1) is 24.8. The molecule has 0 saturated heterocycles. The van der Waals surface area contributed by atoms with Crippen molar-refractivity contribution in [2.24, 2.45) is 11.5 Å². The SMILES string of the molecule is CN(CC(N)=O)C(=O)CN(C)C(=O)CN(C)C(=O)CN(C)C(=O)CN(C)C(=O)CN(C)C(=O)CN(C)C(=O)CN(C)C(=O)CN(C)C(=O)C[C@H](N)C(=O)O. The van der Waals surface area contributed by atoms with Crippen molar-refractivity contribution in [1.29, 1.82) is 0 Å². The van der Waals surface area contributed by atoms with Gasteiger partial charge in [-0.15, -0.1) is 0 Å². The summed E-state index contributed by atoms with van der Waals surface area (Å²) in [6.07, 6.45) is -0.525. The van der Waals surface area contributed by atoms with Crippen LogP contribution in [-0.4, -0.2) is 243 Å². The molecule has 0 saturated carbocycles. The second kappa shape index (κ2) is 22.3. The first kappa shape index (κ1) is 48.1. The molecule has 304 valence electrons. The Hall–Kier alpha value is -5.87. The van der Waals surface area contributed by atoms with Gasteiger partial charge in [0.2, 0.25) is 59.1 Å². The molecule has 54 heavy (non-hydrogen) atoms. The Morgan fingerprint density at radius 1 is 0.370 bits per heavy atom. The Morgan fingerprint density at radius 2 is 0.537 bits per heavy atom. The maximum atomic E-state index is 12.8. The Morgan fingerprint density at radius 3 is 0.704 bits per heavy atom. The highest BCUT2D eigenvalue weighted by Gasteiger charge is 2.26. The number of carboxylic acid groups (broad SMARTS) is 1. The van der Waals surface area contributed by atoms with Crippen LogP contribution in [0.2, 0.25) is 0 Å². The standard InChI is InChI=1S/C31H53N11O12/c1-34(11-21(33)43)23(45)13-36(3)25(47)15-38(5)27(49)17-40(7)29(51)19-42(9)30(52)18-41(8)28(50)16-39(6)26(48)14-37(4)24(46)12-35(2)22(44)10-20(32)31(53)54/h20H,10-19,32H2,1-9H3,(H2,33,43)(H,53,54)/t20-/m0/s1. The molecule has 0 heterocycles. The molecule has 1 atom stereocenters. The molecule has 0 unspecified atom stereocenters. The number of nitrogens with zero attached hydrogens (tertiary/aromatic N) is 9. The van der Waals surface area contributed by atoms with Crippen LogP contribution in [-0.2, 0) is 52.7 Å². The van der Waals surface area contributed by atoms with Crippen molar-refractivity contribution in [2.75, 3.05) is 122 Å². The van der Waals surface area contributed by atoms with E-state index in [0.29, 0.717) is 0 Å². The lowest BCUT2D eigenvalue weighted by atomic mass is 10.2. The molecule has 0 aliphatic rings. The lowest BCUT2D eigenvalue weighted by Crippen LogP contribution is -2.49. The summed E-state index contributed by atoms with van der Waals surface area (Å²) in [5.74, 6) is -7.70. The Bertz CT molecular complexity index is 1460. The van der Waals surface area contributed by atoms with Crippen LogP contribution in [0.15, 0.2) is 0 Å². The van der Waals surface area contributed by atoms with Gasteiger partial charge in [-0.05, 0) is 0 Å². The minimum absolute atomic E-state index is 0.329. The van der Waals surface area contributed by atoms with Gasteiger partial charge in [0.1, 0.15) is 6.04 Å². The highest BCUT2D eigenvalue weighted by molar-refractivity contribution is 5.94. The zero-order chi connectivity index (χ0) is 42.2. The minimum atomic E-state index is -1.44. The zero-order valence-corrected chi connectivity index (χ0v) is 32.3. The molecule has 10 amide bonds. The maximum Gasteiger partial charge on any atom is 0.321 e. The molecule has 0 aliphatic heterocycles. The van der Waals surface area contributed by atoms with Crippen molar-refractivity contribution in [2.45, 2.75) is 12.5 Å². The Kier molecular flexibility index (Phi) is 19.8. The molecule has 0 bridgehead atoms. The number of amides is 10. The highest BCUT2D eigenvalue weighted by Crippen LogP contribution is 2.01. The number of hydrogen-bond acceptors (Lipinski definition) is 12. The topological polar surface area (TPSA) is 289 Å². The van der Waals surface area contributed by atoms with Crippen molar-refractivity contribution < 1.29 is 57.8 Å². The van der Waals surface area contributed by atoms with E-state index in [0.717, 1.165) is 44.1 Å². The number of hydrogen-bond donors (Lipinski definition) is 3. The third-order valence-electron chi connectivity index (χ3n) is 7.92. The average molecular weight is 772 g/mol. The van der Waals surface area contributed by atoms with Gasteiger partial charge in [-0.3, -0.25) is 52.7 Å². The van der Waals surface area contributed by atoms with E-state index in [1.54, 1.807) is 0 Å². The summed E-state index contributed by atoms with van der Waals surface area (Å²) in [7, 11) is 11.8. The minimum Gasteiger partial charge on any atom is -0.480 e. The summed E-state index contributed by atoms with van der Waals surface area (Å²) in [5.41, 5.74) is 10.4. The maximum absolute atomic E-state index is 12.8. The van der Waals surface area contributed by atoms with Gasteiger partial charge in [-0.25, -0.2) is 0 Å². The summed E-state index contributed by atoms with van der Waals surface area (Å²) in [5, 5.41) is 8.85. The molecular weight excluding hydrogens is 718 g/mol. The summed E-state index contributed by atoms with van der Waals surface area (Å²) >= 11 is 0. The normalized spacial score (nSPS) is 10.9. The van der Waals surface area contributed by atoms with E-state index in [2.05, 4.69) is 0 Å². The quantitative estimate of drug-likeness (QED) is 0.0980. The fourth-order valence-corrected chi connectivity index (χ4v) is 4.05. The second-order valence-corrected chi connectivity index (χ2v) is 12.9. The van der Waals surface area contributed by atoms with Crippen LogP contribution >= 0.6 is 0 Å². The van der Waals surface area contributed by atoms with Gasteiger partial charge in [-0.1, -0.05) is 0 Å². The van der Waals surface area contributed by atoms with E-state index in [1.165, 1.54) is 63.4 Å². The van der Waals surface area contributed by atoms with E-state index >= 15 is 0 Å². The number of carboxylic acids is 1. The fraction of sp³-hybridized carbons (Fsp3) is 0.645. The van der Waals surface area contributed by atoms with Crippen molar-refractivity contribution in [1.82, 2.24) is 44.1 Å². The van der Waals surface area contributed by atoms with E-state index < -0.39 is 123 Å². The highest BCUT2D eigenvalue weighted by atomic mass is 16.4. The molecule has 0 radical (unpaired) electrons. The van der Waals surface area contributed by atoms with Crippen molar-refractivity contribution in [3.63, 3.8) is 0 Å². The number of likely N-dealkylation sites (N-methyl/N-ethyl adjacent to an activating group) is 9. The van der Waals surface area contributed by atoms with Crippen LogP contribution < -0.4 is 11.5 Å².